The summed E-state index contributed by atoms with van der Waals surface area (Å²) >= 11 is 0. The van der Waals surface area contributed by atoms with Gasteiger partial charge in [-0.15, -0.1) is 0 Å². The number of ether oxygens (including phenoxy) is 1. The van der Waals surface area contributed by atoms with Gasteiger partial charge in [0.1, 0.15) is 5.75 Å². The summed E-state index contributed by atoms with van der Waals surface area (Å²) in [5.74, 6) is -0.222. The summed E-state index contributed by atoms with van der Waals surface area (Å²) in [5.41, 5.74) is 2.34. The Bertz CT molecular complexity index is 811. The number of para-hydroxylation sites is 2. The van der Waals surface area contributed by atoms with E-state index < -0.39 is 6.61 Å². The number of oxime groups is 1. The van der Waals surface area contributed by atoms with Crippen LogP contribution in [0, 0.1) is 0 Å². The van der Waals surface area contributed by atoms with Crippen molar-refractivity contribution in [3.8, 4) is 5.75 Å². The molecule has 0 aliphatic carbocycles. The van der Waals surface area contributed by atoms with Gasteiger partial charge in [-0.25, -0.2) is 0 Å². The highest BCUT2D eigenvalue weighted by Gasteiger charge is 2.30. The Morgan fingerprint density at radius 1 is 1.27 bits per heavy atom. The van der Waals surface area contributed by atoms with Gasteiger partial charge in [0.05, 0.1) is 6.21 Å². The van der Waals surface area contributed by atoms with E-state index in [1.807, 2.05) is 31.2 Å². The minimum Gasteiger partial charge on any atom is -0.434 e. The van der Waals surface area contributed by atoms with E-state index in [4.69, 9.17) is 4.84 Å². The fourth-order valence-corrected chi connectivity index (χ4v) is 2.99. The maximum atomic E-state index is 12.4. The van der Waals surface area contributed by atoms with Gasteiger partial charge in [-0.2, -0.15) is 8.78 Å². The van der Waals surface area contributed by atoms with Crippen LogP contribution in [0.2, 0.25) is 0 Å². The van der Waals surface area contributed by atoms with Gasteiger partial charge >= 0.3 is 6.61 Å². The van der Waals surface area contributed by atoms with Crippen LogP contribution in [0.1, 0.15) is 18.1 Å². The minimum absolute atomic E-state index is 0.0109. The number of carbonyl (C=O) groups excluding carboxylic acids is 1. The van der Waals surface area contributed by atoms with E-state index in [-0.39, 0.29) is 24.3 Å². The number of fused-ring (bicyclic) bond motifs is 1. The maximum Gasteiger partial charge on any atom is 0.387 e. The highest BCUT2D eigenvalue weighted by atomic mass is 19.3. The van der Waals surface area contributed by atoms with Gasteiger partial charge in [0.25, 0.3) is 5.91 Å². The number of amides is 1. The Balaban J connectivity index is 1.60. The fraction of sp³-hybridized carbons (Fsp3) is 0.263. The zero-order valence-corrected chi connectivity index (χ0v) is 14.1. The second-order valence-electron chi connectivity index (χ2n) is 5.87. The van der Waals surface area contributed by atoms with Crippen molar-refractivity contribution in [2.45, 2.75) is 26.0 Å². The second-order valence-corrected chi connectivity index (χ2v) is 5.87. The Labute approximate surface area is 149 Å². The predicted octanol–water partition coefficient (Wildman–Crippen LogP) is 3.62. The highest BCUT2D eigenvalue weighted by molar-refractivity contribution is 5.97. The molecule has 7 heteroatoms. The zero-order chi connectivity index (χ0) is 18.5. The molecule has 1 heterocycles. The van der Waals surface area contributed by atoms with Crippen LogP contribution >= 0.6 is 0 Å². The van der Waals surface area contributed by atoms with E-state index in [2.05, 4.69) is 9.89 Å². The molecule has 1 atom stereocenters. The lowest BCUT2D eigenvalue weighted by Crippen LogP contribution is -2.37. The summed E-state index contributed by atoms with van der Waals surface area (Å²) in [6.07, 6.45) is 2.04. The van der Waals surface area contributed by atoms with Crippen LogP contribution < -0.4 is 9.64 Å². The molecule has 26 heavy (non-hydrogen) atoms. The van der Waals surface area contributed by atoms with Crippen molar-refractivity contribution >= 4 is 17.8 Å². The van der Waals surface area contributed by atoms with Crippen LogP contribution in [0.15, 0.2) is 53.7 Å². The molecule has 5 nitrogen and oxygen atoms in total. The van der Waals surface area contributed by atoms with Gasteiger partial charge in [0.15, 0.2) is 6.61 Å². The van der Waals surface area contributed by atoms with Crippen LogP contribution in [-0.4, -0.2) is 31.4 Å². The molecule has 0 spiro atoms. The summed E-state index contributed by atoms with van der Waals surface area (Å²) < 4.78 is 29.2. The van der Waals surface area contributed by atoms with Crippen LogP contribution in [0.3, 0.4) is 0 Å². The SMILES string of the molecule is C[C@@H]1Cc2ccccc2N1C(=O)CO/N=C\c1ccccc1OC(F)F. The molecule has 1 aliphatic rings. The molecular formula is C19H18F2N2O3. The Hall–Kier alpha value is -2.96. The molecule has 0 aromatic heterocycles. The van der Waals surface area contributed by atoms with E-state index in [0.717, 1.165) is 17.7 Å². The van der Waals surface area contributed by atoms with Gasteiger partial charge in [0.2, 0.25) is 0 Å². The number of halogens is 2. The number of hydrogen-bond acceptors (Lipinski definition) is 4. The maximum absolute atomic E-state index is 12.4. The Morgan fingerprint density at radius 2 is 2.00 bits per heavy atom. The third-order valence-electron chi connectivity index (χ3n) is 4.07. The topological polar surface area (TPSA) is 51.1 Å². The molecule has 0 N–H and O–H groups in total. The van der Waals surface area contributed by atoms with Crippen molar-refractivity contribution in [2.75, 3.05) is 11.5 Å². The smallest absolute Gasteiger partial charge is 0.387 e. The third kappa shape index (κ3) is 3.99. The lowest BCUT2D eigenvalue weighted by Gasteiger charge is -2.21. The number of benzene rings is 2. The third-order valence-corrected chi connectivity index (χ3v) is 4.07. The molecule has 0 unspecified atom stereocenters. The normalized spacial score (nSPS) is 16.2. The van der Waals surface area contributed by atoms with Crippen molar-refractivity contribution in [1.82, 2.24) is 0 Å². The predicted molar refractivity (Wildman–Crippen MR) is 93.7 cm³/mol. The Kier molecular flexibility index (Phi) is 5.46. The number of hydrogen-bond donors (Lipinski definition) is 0. The molecule has 1 aliphatic heterocycles. The van der Waals surface area contributed by atoms with Crippen LogP contribution in [0.25, 0.3) is 0 Å². The number of nitrogens with zero attached hydrogens (tertiary/aromatic N) is 2. The quantitative estimate of drug-likeness (QED) is 0.584. The first-order valence-electron chi connectivity index (χ1n) is 8.15. The summed E-state index contributed by atoms with van der Waals surface area (Å²) in [6.45, 7) is -1.20. The standard InChI is InChI=1S/C19H18F2N2O3/c1-13-10-14-6-2-4-8-16(14)23(13)18(24)12-25-22-11-15-7-3-5-9-17(15)26-19(20)21/h2-9,11,13,19H,10,12H2,1H3/b22-11-/t13-/m1/s1. The molecule has 136 valence electrons. The van der Waals surface area contributed by atoms with Crippen molar-refractivity contribution < 1.29 is 23.1 Å². The largest absolute Gasteiger partial charge is 0.434 e. The molecule has 2 aromatic carbocycles. The summed E-state index contributed by atoms with van der Waals surface area (Å²) in [6, 6.07) is 14.0. The first-order chi connectivity index (χ1) is 12.6. The molecule has 0 radical (unpaired) electrons. The van der Waals surface area contributed by atoms with E-state index in [1.54, 1.807) is 23.1 Å². The van der Waals surface area contributed by atoms with E-state index in [9.17, 15) is 13.6 Å². The molecule has 0 fully saturated rings. The Morgan fingerprint density at radius 3 is 2.81 bits per heavy atom. The average molecular weight is 360 g/mol. The molecule has 3 rings (SSSR count). The van der Waals surface area contributed by atoms with Gasteiger partial charge in [-0.1, -0.05) is 35.5 Å². The lowest BCUT2D eigenvalue weighted by atomic mass is 10.1. The second kappa shape index (κ2) is 7.95. The molecule has 0 saturated heterocycles. The zero-order valence-electron chi connectivity index (χ0n) is 14.1. The number of carbonyl (C=O) groups is 1. The first kappa shape index (κ1) is 17.8. The van der Waals surface area contributed by atoms with Crippen molar-refractivity contribution in [2.24, 2.45) is 5.16 Å². The summed E-state index contributed by atoms with van der Waals surface area (Å²) in [5, 5.41) is 3.70. The van der Waals surface area contributed by atoms with E-state index >= 15 is 0 Å². The summed E-state index contributed by atoms with van der Waals surface area (Å²) in [7, 11) is 0. The molecular weight excluding hydrogens is 342 g/mol. The highest BCUT2D eigenvalue weighted by Crippen LogP contribution is 2.31. The van der Waals surface area contributed by atoms with E-state index in [0.29, 0.717) is 5.56 Å². The fourth-order valence-electron chi connectivity index (χ4n) is 2.99. The molecule has 2 aromatic rings. The molecule has 0 saturated carbocycles. The number of alkyl halides is 2. The van der Waals surface area contributed by atoms with Crippen molar-refractivity contribution in [3.05, 3.63) is 59.7 Å². The molecule has 0 bridgehead atoms. The van der Waals surface area contributed by atoms with Crippen LogP contribution in [0.5, 0.6) is 5.75 Å². The van der Waals surface area contributed by atoms with Gasteiger partial charge in [0, 0.05) is 17.3 Å². The summed E-state index contributed by atoms with van der Waals surface area (Å²) in [4.78, 5) is 19.2. The van der Waals surface area contributed by atoms with Crippen molar-refractivity contribution in [3.63, 3.8) is 0 Å². The van der Waals surface area contributed by atoms with Crippen molar-refractivity contribution in [1.29, 1.82) is 0 Å². The van der Waals surface area contributed by atoms with Crippen LogP contribution in [-0.2, 0) is 16.1 Å². The monoisotopic (exact) mass is 360 g/mol. The van der Waals surface area contributed by atoms with E-state index in [1.165, 1.54) is 12.3 Å². The van der Waals surface area contributed by atoms with Crippen LogP contribution in [0.4, 0.5) is 14.5 Å². The van der Waals surface area contributed by atoms with Gasteiger partial charge < -0.3 is 14.5 Å². The number of rotatable bonds is 6. The minimum atomic E-state index is -2.93. The number of anilines is 1. The first-order valence-corrected chi connectivity index (χ1v) is 8.15. The van der Waals surface area contributed by atoms with Gasteiger partial charge in [-0.3, -0.25) is 4.79 Å². The molecule has 1 amide bonds. The lowest BCUT2D eigenvalue weighted by molar-refractivity contribution is -0.123. The van der Waals surface area contributed by atoms with Gasteiger partial charge in [-0.05, 0) is 37.1 Å². The average Bonchev–Trinajstić information content (AvgIpc) is 2.95.